The van der Waals surface area contributed by atoms with Crippen molar-refractivity contribution >= 4 is 15.9 Å². The van der Waals surface area contributed by atoms with E-state index in [0.717, 1.165) is 37.7 Å². The van der Waals surface area contributed by atoms with E-state index >= 15 is 0 Å². The molecule has 0 atom stereocenters. The zero-order valence-corrected chi connectivity index (χ0v) is 13.5. The molecule has 0 bridgehead atoms. The highest BCUT2D eigenvalue weighted by Crippen LogP contribution is 2.35. The van der Waals surface area contributed by atoms with Gasteiger partial charge in [-0.2, -0.15) is 13.2 Å². The van der Waals surface area contributed by atoms with Crippen LogP contribution in [0.2, 0.25) is 0 Å². The second kappa shape index (κ2) is 7.01. The van der Waals surface area contributed by atoms with E-state index in [2.05, 4.69) is 27.8 Å². The number of benzene rings is 1. The quantitative estimate of drug-likeness (QED) is 0.774. The fraction of sp³-hybridized carbons (Fsp3) is 0.600. The van der Waals surface area contributed by atoms with Crippen LogP contribution in [0.3, 0.4) is 0 Å². The van der Waals surface area contributed by atoms with Crippen LogP contribution in [0.5, 0.6) is 5.75 Å². The summed E-state index contributed by atoms with van der Waals surface area (Å²) < 4.78 is 44.1. The van der Waals surface area contributed by atoms with Crippen molar-refractivity contribution < 1.29 is 17.9 Å². The van der Waals surface area contributed by atoms with Crippen molar-refractivity contribution in [1.29, 1.82) is 0 Å². The van der Waals surface area contributed by atoms with E-state index < -0.39 is 11.7 Å². The van der Waals surface area contributed by atoms with Gasteiger partial charge in [-0.1, -0.05) is 6.92 Å². The summed E-state index contributed by atoms with van der Waals surface area (Å²) in [6.07, 6.45) is -2.00. The molecule has 6 heteroatoms. The van der Waals surface area contributed by atoms with Gasteiger partial charge in [0.05, 0.1) is 10.0 Å². The predicted molar refractivity (Wildman–Crippen MR) is 79.5 cm³/mol. The maximum absolute atomic E-state index is 12.7. The summed E-state index contributed by atoms with van der Waals surface area (Å²) in [5, 5.41) is 0. The van der Waals surface area contributed by atoms with E-state index in [9.17, 15) is 13.2 Å². The van der Waals surface area contributed by atoms with Gasteiger partial charge in [0.1, 0.15) is 12.4 Å². The van der Waals surface area contributed by atoms with Gasteiger partial charge >= 0.3 is 6.18 Å². The van der Waals surface area contributed by atoms with E-state index in [0.29, 0.717) is 11.1 Å². The Morgan fingerprint density at radius 2 is 1.95 bits per heavy atom. The molecule has 0 amide bonds. The smallest absolute Gasteiger partial charge is 0.416 e. The van der Waals surface area contributed by atoms with Crippen molar-refractivity contribution in [2.45, 2.75) is 25.9 Å². The minimum absolute atomic E-state index is 0.246. The summed E-state index contributed by atoms with van der Waals surface area (Å²) in [6, 6.07) is 3.46. The van der Waals surface area contributed by atoms with Gasteiger partial charge in [0, 0.05) is 6.54 Å². The number of hydrogen-bond acceptors (Lipinski definition) is 2. The van der Waals surface area contributed by atoms with Crippen molar-refractivity contribution in [2.75, 3.05) is 26.2 Å². The lowest BCUT2D eigenvalue weighted by molar-refractivity contribution is -0.137. The molecule has 1 aromatic rings. The minimum Gasteiger partial charge on any atom is -0.491 e. The zero-order chi connectivity index (χ0) is 15.5. The second-order valence-electron chi connectivity index (χ2n) is 5.52. The molecule has 21 heavy (non-hydrogen) atoms. The van der Waals surface area contributed by atoms with Gasteiger partial charge in [0.25, 0.3) is 0 Å². The number of ether oxygens (including phenoxy) is 1. The Morgan fingerprint density at radius 1 is 1.29 bits per heavy atom. The number of nitrogens with zero attached hydrogens (tertiary/aromatic N) is 1. The standard InChI is InChI=1S/C15H19BrF3NO/c1-11-4-6-20(7-5-11)8-9-21-14-10-12(15(17,18)19)2-3-13(14)16/h2-3,10-11H,4-9H2,1H3. The lowest BCUT2D eigenvalue weighted by Crippen LogP contribution is -2.35. The highest BCUT2D eigenvalue weighted by Gasteiger charge is 2.31. The van der Waals surface area contributed by atoms with E-state index in [-0.39, 0.29) is 5.75 Å². The Morgan fingerprint density at radius 3 is 2.57 bits per heavy atom. The predicted octanol–water partition coefficient (Wildman–Crippen LogP) is 4.58. The minimum atomic E-state index is -4.35. The monoisotopic (exact) mass is 365 g/mol. The SMILES string of the molecule is CC1CCN(CCOc2cc(C(F)(F)F)ccc2Br)CC1. The molecular formula is C15H19BrF3NO. The van der Waals surface area contributed by atoms with Crippen molar-refractivity contribution in [3.63, 3.8) is 0 Å². The molecule has 2 rings (SSSR count). The average molecular weight is 366 g/mol. The number of rotatable bonds is 4. The largest absolute Gasteiger partial charge is 0.491 e. The van der Waals surface area contributed by atoms with Gasteiger partial charge in [-0.25, -0.2) is 0 Å². The van der Waals surface area contributed by atoms with Gasteiger partial charge < -0.3 is 4.74 Å². The molecule has 1 aliphatic heterocycles. The maximum atomic E-state index is 12.7. The van der Waals surface area contributed by atoms with Crippen LogP contribution in [-0.4, -0.2) is 31.1 Å². The number of likely N-dealkylation sites (tertiary alicyclic amines) is 1. The van der Waals surface area contributed by atoms with Gasteiger partial charge in [0.2, 0.25) is 0 Å². The van der Waals surface area contributed by atoms with E-state index in [1.165, 1.54) is 18.9 Å². The molecule has 0 aliphatic carbocycles. The third-order valence-corrected chi connectivity index (χ3v) is 4.45. The molecule has 0 N–H and O–H groups in total. The summed E-state index contributed by atoms with van der Waals surface area (Å²) in [5.74, 6) is 1.01. The van der Waals surface area contributed by atoms with Crippen molar-refractivity contribution in [3.8, 4) is 5.75 Å². The fourth-order valence-electron chi connectivity index (χ4n) is 2.36. The maximum Gasteiger partial charge on any atom is 0.416 e. The molecule has 1 heterocycles. The van der Waals surface area contributed by atoms with Gasteiger partial charge in [-0.3, -0.25) is 4.90 Å². The summed E-state index contributed by atoms with van der Waals surface area (Å²) >= 11 is 3.23. The third-order valence-electron chi connectivity index (χ3n) is 3.80. The molecule has 2 nitrogen and oxygen atoms in total. The number of piperidine rings is 1. The number of hydrogen-bond donors (Lipinski definition) is 0. The van der Waals surface area contributed by atoms with Crippen LogP contribution in [0.1, 0.15) is 25.3 Å². The Bertz CT molecular complexity index is 470. The Kier molecular flexibility index (Phi) is 5.54. The molecule has 0 radical (unpaired) electrons. The molecule has 0 unspecified atom stereocenters. The first-order valence-corrected chi connectivity index (χ1v) is 7.87. The van der Waals surface area contributed by atoms with Crippen LogP contribution in [0.4, 0.5) is 13.2 Å². The van der Waals surface area contributed by atoms with Crippen molar-refractivity contribution in [1.82, 2.24) is 4.90 Å². The fourth-order valence-corrected chi connectivity index (χ4v) is 2.72. The van der Waals surface area contributed by atoms with E-state index in [1.54, 1.807) is 0 Å². The van der Waals surface area contributed by atoms with Gasteiger partial charge in [-0.15, -0.1) is 0 Å². The van der Waals surface area contributed by atoms with Gasteiger partial charge in [-0.05, 0) is 66.0 Å². The molecule has 1 saturated heterocycles. The van der Waals surface area contributed by atoms with Crippen molar-refractivity contribution in [2.24, 2.45) is 5.92 Å². The summed E-state index contributed by atoms with van der Waals surface area (Å²) in [6.45, 7) is 5.46. The normalized spacial score (nSPS) is 18.0. The second-order valence-corrected chi connectivity index (χ2v) is 6.37. The van der Waals surface area contributed by atoms with Crippen LogP contribution in [-0.2, 0) is 6.18 Å². The Hall–Kier alpha value is -0.750. The van der Waals surface area contributed by atoms with Gasteiger partial charge in [0.15, 0.2) is 0 Å². The molecule has 0 aromatic heterocycles. The number of halogens is 4. The van der Waals surface area contributed by atoms with E-state index in [4.69, 9.17) is 4.74 Å². The first kappa shape index (κ1) is 16.6. The summed E-state index contributed by atoms with van der Waals surface area (Å²) in [4.78, 5) is 2.29. The highest BCUT2D eigenvalue weighted by molar-refractivity contribution is 9.10. The molecule has 118 valence electrons. The molecule has 1 aliphatic rings. The van der Waals surface area contributed by atoms with Crippen LogP contribution in [0, 0.1) is 5.92 Å². The summed E-state index contributed by atoms with van der Waals surface area (Å²) in [5.41, 5.74) is -0.688. The lowest BCUT2D eigenvalue weighted by atomic mass is 9.99. The lowest BCUT2D eigenvalue weighted by Gasteiger charge is -2.30. The first-order valence-electron chi connectivity index (χ1n) is 7.08. The van der Waals surface area contributed by atoms with Crippen LogP contribution < -0.4 is 4.74 Å². The van der Waals surface area contributed by atoms with Crippen LogP contribution >= 0.6 is 15.9 Å². The summed E-state index contributed by atoms with van der Waals surface area (Å²) in [7, 11) is 0. The zero-order valence-electron chi connectivity index (χ0n) is 11.9. The van der Waals surface area contributed by atoms with Crippen molar-refractivity contribution in [3.05, 3.63) is 28.2 Å². The van der Waals surface area contributed by atoms with Crippen LogP contribution in [0.25, 0.3) is 0 Å². The molecular weight excluding hydrogens is 347 g/mol. The molecule has 1 aromatic carbocycles. The number of alkyl halides is 3. The highest BCUT2D eigenvalue weighted by atomic mass is 79.9. The average Bonchev–Trinajstić information content (AvgIpc) is 2.42. The molecule has 1 fully saturated rings. The first-order chi connectivity index (χ1) is 9.86. The Labute approximate surface area is 131 Å². The van der Waals surface area contributed by atoms with Crippen LogP contribution in [0.15, 0.2) is 22.7 Å². The Balaban J connectivity index is 1.88. The molecule has 0 saturated carbocycles. The molecule has 0 spiro atoms. The third kappa shape index (κ3) is 4.88. The topological polar surface area (TPSA) is 12.5 Å². The van der Waals surface area contributed by atoms with E-state index in [1.807, 2.05) is 0 Å².